The molecular formula is C8H16N2O2. The summed E-state index contributed by atoms with van der Waals surface area (Å²) in [6.07, 6.45) is 2.03. The van der Waals surface area contributed by atoms with Crippen LogP contribution in [-0.4, -0.2) is 17.0 Å². The number of hydrogen-bond acceptors (Lipinski definition) is 3. The number of hydrogen-bond donors (Lipinski definition) is 1. The first kappa shape index (κ1) is 9.45. The van der Waals surface area contributed by atoms with Gasteiger partial charge in [0, 0.05) is 23.3 Å². The van der Waals surface area contributed by atoms with Gasteiger partial charge in [-0.15, -0.1) is 0 Å². The van der Waals surface area contributed by atoms with Gasteiger partial charge in [0.05, 0.1) is 0 Å². The molecule has 4 heteroatoms. The van der Waals surface area contributed by atoms with Crippen molar-refractivity contribution in [1.82, 2.24) is 0 Å². The fourth-order valence-corrected chi connectivity index (χ4v) is 0.947. The van der Waals surface area contributed by atoms with Gasteiger partial charge in [0.2, 0.25) is 6.04 Å². The van der Waals surface area contributed by atoms with Crippen molar-refractivity contribution >= 4 is 0 Å². The minimum Gasteiger partial charge on any atom is -0.327 e. The molecule has 4 nitrogen and oxygen atoms in total. The van der Waals surface area contributed by atoms with Crippen LogP contribution < -0.4 is 5.73 Å². The Morgan fingerprint density at radius 2 is 1.67 bits per heavy atom. The van der Waals surface area contributed by atoms with Crippen LogP contribution in [-0.2, 0) is 0 Å². The van der Waals surface area contributed by atoms with Gasteiger partial charge in [-0.3, -0.25) is 10.1 Å². The predicted molar refractivity (Wildman–Crippen MR) is 46.3 cm³/mol. The molecule has 2 fully saturated rings. The van der Waals surface area contributed by atoms with Crippen molar-refractivity contribution in [3.63, 3.8) is 0 Å². The van der Waals surface area contributed by atoms with Gasteiger partial charge in [0.15, 0.2) is 0 Å². The summed E-state index contributed by atoms with van der Waals surface area (Å²) in [4.78, 5) is 9.57. The number of rotatable bonds is 1. The fourth-order valence-electron chi connectivity index (χ4n) is 0.947. The Morgan fingerprint density at radius 3 is 1.67 bits per heavy atom. The topological polar surface area (TPSA) is 69.2 Å². The van der Waals surface area contributed by atoms with Crippen molar-refractivity contribution < 1.29 is 4.92 Å². The van der Waals surface area contributed by atoms with Crippen molar-refractivity contribution in [2.24, 2.45) is 17.6 Å². The second-order valence-electron chi connectivity index (χ2n) is 3.94. The molecular weight excluding hydrogens is 156 g/mol. The molecule has 0 amide bonds. The predicted octanol–water partition coefficient (Wildman–Crippen LogP) is 1.02. The van der Waals surface area contributed by atoms with Gasteiger partial charge in [-0.2, -0.15) is 0 Å². The second-order valence-corrected chi connectivity index (χ2v) is 3.94. The van der Waals surface area contributed by atoms with E-state index in [1.54, 1.807) is 0 Å². The maximum absolute atomic E-state index is 9.78. The van der Waals surface area contributed by atoms with Crippen LogP contribution in [0.5, 0.6) is 0 Å². The highest BCUT2D eigenvalue weighted by molar-refractivity contribution is 4.85. The van der Waals surface area contributed by atoms with Gasteiger partial charge >= 0.3 is 0 Å². The summed E-state index contributed by atoms with van der Waals surface area (Å²) in [6.45, 7) is 4.07. The summed E-state index contributed by atoms with van der Waals surface area (Å²) in [5.41, 5.74) is 5.37. The summed E-state index contributed by atoms with van der Waals surface area (Å²) in [7, 11) is 0. The zero-order chi connectivity index (χ0) is 9.30. The van der Waals surface area contributed by atoms with Crippen molar-refractivity contribution in [1.29, 1.82) is 0 Å². The minimum absolute atomic E-state index is 0.204. The van der Waals surface area contributed by atoms with Crippen LogP contribution in [0, 0.1) is 22.0 Å². The lowest BCUT2D eigenvalue weighted by molar-refractivity contribution is -0.498. The maximum atomic E-state index is 9.78. The molecule has 12 heavy (non-hydrogen) atoms. The van der Waals surface area contributed by atoms with Crippen LogP contribution in [0.25, 0.3) is 0 Å². The van der Waals surface area contributed by atoms with Crippen molar-refractivity contribution in [2.75, 3.05) is 0 Å². The first-order valence-electron chi connectivity index (χ1n) is 4.41. The first-order chi connectivity index (χ1) is 5.52. The molecule has 0 aromatic rings. The van der Waals surface area contributed by atoms with Gasteiger partial charge < -0.3 is 5.73 Å². The van der Waals surface area contributed by atoms with E-state index in [9.17, 15) is 10.1 Å². The van der Waals surface area contributed by atoms with Crippen LogP contribution in [0.1, 0.15) is 26.7 Å². The molecule has 0 heterocycles. The molecule has 0 radical (unpaired) electrons. The van der Waals surface area contributed by atoms with Crippen molar-refractivity contribution in [2.45, 2.75) is 38.8 Å². The number of nitro groups is 1. The summed E-state index contributed by atoms with van der Waals surface area (Å²) in [5.74, 6) is 1.17. The molecule has 0 spiro atoms. The van der Waals surface area contributed by atoms with E-state index in [2.05, 4.69) is 6.92 Å². The third-order valence-corrected chi connectivity index (χ3v) is 2.51. The normalized spacial score (nSPS) is 42.6. The second kappa shape index (κ2) is 3.39. The Kier molecular flexibility index (Phi) is 2.67. The van der Waals surface area contributed by atoms with Gasteiger partial charge in [0.25, 0.3) is 0 Å². The highest BCUT2D eigenvalue weighted by Crippen LogP contribution is 2.31. The zero-order valence-corrected chi connectivity index (χ0v) is 7.56. The molecule has 0 saturated heterocycles. The van der Waals surface area contributed by atoms with E-state index >= 15 is 0 Å². The molecule has 2 rings (SSSR count). The summed E-state index contributed by atoms with van der Waals surface area (Å²) >= 11 is 0. The highest BCUT2D eigenvalue weighted by atomic mass is 16.6. The fraction of sp³-hybridized carbons (Fsp3) is 1.00. The monoisotopic (exact) mass is 172 g/mol. The molecule has 2 N–H and O–H groups in total. The third-order valence-electron chi connectivity index (χ3n) is 2.51. The molecule has 2 saturated carbocycles. The largest absolute Gasteiger partial charge is 0.327 e. The van der Waals surface area contributed by atoms with E-state index in [0.717, 1.165) is 12.3 Å². The van der Waals surface area contributed by atoms with E-state index < -0.39 is 0 Å². The van der Waals surface area contributed by atoms with Crippen LogP contribution in [0.15, 0.2) is 0 Å². The van der Waals surface area contributed by atoms with Crippen LogP contribution in [0.3, 0.4) is 0 Å². The molecule has 70 valence electrons. The Balaban J connectivity index is 0.000000127. The Morgan fingerprint density at radius 1 is 1.33 bits per heavy atom. The molecule has 0 bridgehead atoms. The summed E-state index contributed by atoms with van der Waals surface area (Å²) < 4.78 is 0. The Hall–Kier alpha value is -0.640. The van der Waals surface area contributed by atoms with Crippen LogP contribution in [0.2, 0.25) is 0 Å². The number of nitrogens with two attached hydrogens (primary N) is 1. The average molecular weight is 172 g/mol. The Bertz CT molecular complexity index is 178. The molecule has 0 aromatic heterocycles. The summed E-state index contributed by atoms with van der Waals surface area (Å²) in [6, 6.07) is 0.343. The first-order valence-corrected chi connectivity index (χ1v) is 4.41. The Labute approximate surface area is 72.3 Å². The number of nitrogens with zero attached hydrogens (tertiary/aromatic N) is 1. The quantitative estimate of drug-likeness (QED) is 0.474. The van der Waals surface area contributed by atoms with E-state index in [1.165, 1.54) is 6.42 Å². The van der Waals surface area contributed by atoms with Gasteiger partial charge in [-0.25, -0.2) is 0 Å². The summed E-state index contributed by atoms with van der Waals surface area (Å²) in [5, 5.41) is 9.78. The molecule has 4 atom stereocenters. The van der Waals surface area contributed by atoms with E-state index in [-0.39, 0.29) is 11.0 Å². The van der Waals surface area contributed by atoms with Crippen molar-refractivity contribution in [3.05, 3.63) is 10.1 Å². The zero-order valence-electron chi connectivity index (χ0n) is 7.56. The van der Waals surface area contributed by atoms with Crippen LogP contribution >= 0.6 is 0 Å². The lowest BCUT2D eigenvalue weighted by Crippen LogP contribution is -2.01. The van der Waals surface area contributed by atoms with E-state index in [4.69, 9.17) is 5.73 Å². The minimum atomic E-state index is -0.208. The lowest BCUT2D eigenvalue weighted by atomic mass is 10.5. The van der Waals surface area contributed by atoms with E-state index in [1.807, 2.05) is 6.92 Å². The van der Waals surface area contributed by atoms with Gasteiger partial charge in [-0.1, -0.05) is 13.8 Å². The lowest BCUT2D eigenvalue weighted by Gasteiger charge is -1.80. The SMILES string of the molecule is C[C@@H]1C[C@H]1N.C[C@@H]1C[C@H]1[N+](=O)[O-]. The third kappa shape index (κ3) is 2.77. The standard InChI is InChI=1S/C4H7NO2.C4H9N/c1-3-2-4(3)5(6)7;1-3-2-4(3)5/h3-4H,2H2,1H3;3-4H,2,5H2,1H3/t2*3-,4-/m11/s1. The average Bonchev–Trinajstić information content (AvgIpc) is 2.79. The molecule has 2 aliphatic rings. The van der Waals surface area contributed by atoms with Gasteiger partial charge in [0.1, 0.15) is 0 Å². The maximum Gasteiger partial charge on any atom is 0.216 e. The van der Waals surface area contributed by atoms with Crippen LogP contribution in [0.4, 0.5) is 0 Å². The van der Waals surface area contributed by atoms with Gasteiger partial charge in [-0.05, 0) is 12.3 Å². The molecule has 2 aliphatic carbocycles. The molecule has 0 aliphatic heterocycles. The van der Waals surface area contributed by atoms with Crippen molar-refractivity contribution in [3.8, 4) is 0 Å². The molecule has 0 unspecified atom stereocenters. The highest BCUT2D eigenvalue weighted by Gasteiger charge is 2.44. The van der Waals surface area contributed by atoms with E-state index in [0.29, 0.717) is 12.0 Å². The smallest absolute Gasteiger partial charge is 0.216 e. The molecule has 0 aromatic carbocycles.